The lowest BCUT2D eigenvalue weighted by molar-refractivity contribution is 0.0663. The Hall–Kier alpha value is -0.450. The Bertz CT molecular complexity index is 394. The summed E-state index contributed by atoms with van der Waals surface area (Å²) < 4.78 is 1.05. The van der Waals surface area contributed by atoms with Gasteiger partial charge in [-0.05, 0) is 73.3 Å². The molecule has 0 aliphatic carbocycles. The van der Waals surface area contributed by atoms with E-state index in [0.717, 1.165) is 17.6 Å². The summed E-state index contributed by atoms with van der Waals surface area (Å²) in [5.74, 6) is 0.539. The molecular formula is C14H22BrN3. The second kappa shape index (κ2) is 6.13. The quantitative estimate of drug-likeness (QED) is 0.933. The Morgan fingerprint density at radius 2 is 2.28 bits per heavy atom. The van der Waals surface area contributed by atoms with Crippen molar-refractivity contribution in [3.05, 3.63) is 28.5 Å². The minimum atomic E-state index is 0.411. The summed E-state index contributed by atoms with van der Waals surface area (Å²) in [7, 11) is 0. The smallest absolute Gasteiger partial charge is 0.0410 e. The molecule has 4 heteroatoms. The van der Waals surface area contributed by atoms with Crippen LogP contribution >= 0.6 is 15.9 Å². The van der Waals surface area contributed by atoms with Crippen molar-refractivity contribution in [2.45, 2.75) is 38.8 Å². The van der Waals surface area contributed by atoms with Gasteiger partial charge in [0.1, 0.15) is 0 Å². The molecule has 2 atom stereocenters. The van der Waals surface area contributed by atoms with Crippen molar-refractivity contribution >= 4 is 15.9 Å². The topological polar surface area (TPSA) is 42.1 Å². The molecule has 1 saturated heterocycles. The molecule has 0 aromatic carbocycles. The first-order valence-corrected chi connectivity index (χ1v) is 7.49. The van der Waals surface area contributed by atoms with Crippen molar-refractivity contribution in [3.63, 3.8) is 0 Å². The highest BCUT2D eigenvalue weighted by Crippen LogP contribution is 2.37. The molecule has 2 rings (SSSR count). The maximum absolute atomic E-state index is 5.97. The van der Waals surface area contributed by atoms with Crippen molar-refractivity contribution in [2.75, 3.05) is 13.1 Å². The average molecular weight is 312 g/mol. The molecule has 1 aliphatic heterocycles. The van der Waals surface area contributed by atoms with Crippen LogP contribution in [0.15, 0.2) is 22.9 Å². The molecule has 1 fully saturated rings. The van der Waals surface area contributed by atoms with E-state index in [1.807, 2.05) is 12.4 Å². The standard InChI is InChI=1S/C14H22BrN3/c1-10(2)18-5-3-4-11(7-16)14(18)12-6-13(15)9-17-8-12/h6,8-11,14H,3-5,7,16H2,1-2H3. The number of piperidine rings is 1. The first-order chi connectivity index (χ1) is 8.63. The minimum Gasteiger partial charge on any atom is -0.330 e. The molecule has 2 unspecified atom stereocenters. The molecule has 1 aromatic heterocycles. The van der Waals surface area contributed by atoms with E-state index >= 15 is 0 Å². The van der Waals surface area contributed by atoms with Crippen LogP contribution in [-0.2, 0) is 0 Å². The van der Waals surface area contributed by atoms with Crippen LogP contribution in [0, 0.1) is 5.92 Å². The number of hydrogen-bond donors (Lipinski definition) is 1. The van der Waals surface area contributed by atoms with Gasteiger partial charge in [-0.15, -0.1) is 0 Å². The number of nitrogens with two attached hydrogens (primary N) is 1. The van der Waals surface area contributed by atoms with Gasteiger partial charge in [-0.25, -0.2) is 0 Å². The molecule has 3 nitrogen and oxygen atoms in total. The predicted molar refractivity (Wildman–Crippen MR) is 78.3 cm³/mol. The fourth-order valence-corrected chi connectivity index (χ4v) is 3.37. The van der Waals surface area contributed by atoms with E-state index in [4.69, 9.17) is 5.73 Å². The van der Waals surface area contributed by atoms with Crippen molar-refractivity contribution in [2.24, 2.45) is 11.7 Å². The van der Waals surface area contributed by atoms with E-state index in [1.54, 1.807) is 0 Å². The summed E-state index contributed by atoms with van der Waals surface area (Å²) in [5.41, 5.74) is 7.26. The van der Waals surface area contributed by atoms with Gasteiger partial charge in [-0.3, -0.25) is 9.88 Å². The number of halogens is 1. The van der Waals surface area contributed by atoms with Gasteiger partial charge in [-0.2, -0.15) is 0 Å². The Morgan fingerprint density at radius 3 is 2.89 bits per heavy atom. The molecule has 2 N–H and O–H groups in total. The maximum atomic E-state index is 5.97. The first-order valence-electron chi connectivity index (χ1n) is 6.69. The second-order valence-corrected chi connectivity index (χ2v) is 6.27. The molecule has 1 aliphatic rings. The van der Waals surface area contributed by atoms with Crippen molar-refractivity contribution in [3.8, 4) is 0 Å². The number of aromatic nitrogens is 1. The fourth-order valence-electron chi connectivity index (χ4n) is 2.98. The molecule has 100 valence electrons. The third-order valence-electron chi connectivity index (χ3n) is 3.83. The summed E-state index contributed by atoms with van der Waals surface area (Å²) in [6.45, 7) is 6.43. The van der Waals surface area contributed by atoms with E-state index in [9.17, 15) is 0 Å². The third kappa shape index (κ3) is 2.92. The number of nitrogens with zero attached hydrogens (tertiary/aromatic N) is 2. The molecule has 0 saturated carbocycles. The fraction of sp³-hybridized carbons (Fsp3) is 0.643. The summed E-state index contributed by atoms with van der Waals surface area (Å²) in [5, 5.41) is 0. The van der Waals surface area contributed by atoms with Gasteiger partial charge in [0, 0.05) is 29.0 Å². The monoisotopic (exact) mass is 311 g/mol. The largest absolute Gasteiger partial charge is 0.330 e. The molecule has 0 amide bonds. The molecule has 2 heterocycles. The van der Waals surface area contributed by atoms with Gasteiger partial charge in [0.15, 0.2) is 0 Å². The SMILES string of the molecule is CC(C)N1CCCC(CN)C1c1cncc(Br)c1. The van der Waals surface area contributed by atoms with Crippen LogP contribution < -0.4 is 5.73 Å². The van der Waals surface area contributed by atoms with Crippen LogP contribution in [-0.4, -0.2) is 29.0 Å². The number of hydrogen-bond acceptors (Lipinski definition) is 3. The normalized spacial score (nSPS) is 25.6. The lowest BCUT2D eigenvalue weighted by Crippen LogP contribution is -2.45. The van der Waals surface area contributed by atoms with Gasteiger partial charge in [0.05, 0.1) is 0 Å². The Morgan fingerprint density at radius 1 is 1.50 bits per heavy atom. The average Bonchev–Trinajstić information content (AvgIpc) is 2.37. The highest BCUT2D eigenvalue weighted by atomic mass is 79.9. The zero-order valence-corrected chi connectivity index (χ0v) is 12.7. The zero-order chi connectivity index (χ0) is 13.1. The van der Waals surface area contributed by atoms with Crippen LogP contribution in [0.5, 0.6) is 0 Å². The number of pyridine rings is 1. The maximum Gasteiger partial charge on any atom is 0.0410 e. The molecule has 0 spiro atoms. The molecule has 0 radical (unpaired) electrons. The van der Waals surface area contributed by atoms with E-state index in [-0.39, 0.29) is 0 Å². The van der Waals surface area contributed by atoms with Crippen LogP contribution in [0.1, 0.15) is 38.3 Å². The van der Waals surface area contributed by atoms with Crippen molar-refractivity contribution < 1.29 is 0 Å². The number of likely N-dealkylation sites (tertiary alicyclic amines) is 1. The second-order valence-electron chi connectivity index (χ2n) is 5.35. The van der Waals surface area contributed by atoms with Crippen LogP contribution in [0.25, 0.3) is 0 Å². The Balaban J connectivity index is 2.33. The van der Waals surface area contributed by atoms with Crippen molar-refractivity contribution in [1.29, 1.82) is 0 Å². The molecule has 18 heavy (non-hydrogen) atoms. The summed E-state index contributed by atoms with van der Waals surface area (Å²) >= 11 is 3.52. The lowest BCUT2D eigenvalue weighted by Gasteiger charge is -2.43. The van der Waals surface area contributed by atoms with Gasteiger partial charge in [-0.1, -0.05) is 0 Å². The Labute approximate surface area is 118 Å². The third-order valence-corrected chi connectivity index (χ3v) is 4.26. The summed E-state index contributed by atoms with van der Waals surface area (Å²) in [6.07, 6.45) is 6.29. The molecular weight excluding hydrogens is 290 g/mol. The zero-order valence-electron chi connectivity index (χ0n) is 11.1. The van der Waals surface area contributed by atoms with Crippen LogP contribution in [0.2, 0.25) is 0 Å². The van der Waals surface area contributed by atoms with E-state index in [2.05, 4.69) is 45.7 Å². The summed E-state index contributed by atoms with van der Waals surface area (Å²) in [6, 6.07) is 3.14. The molecule has 1 aromatic rings. The van der Waals surface area contributed by atoms with Crippen LogP contribution in [0.3, 0.4) is 0 Å². The number of rotatable bonds is 3. The highest BCUT2D eigenvalue weighted by molar-refractivity contribution is 9.10. The Kier molecular flexibility index (Phi) is 4.76. The lowest BCUT2D eigenvalue weighted by atomic mass is 9.84. The van der Waals surface area contributed by atoms with E-state index < -0.39 is 0 Å². The predicted octanol–water partition coefficient (Wildman–Crippen LogP) is 2.96. The van der Waals surface area contributed by atoms with Gasteiger partial charge in [0.25, 0.3) is 0 Å². The van der Waals surface area contributed by atoms with Gasteiger partial charge in [0.2, 0.25) is 0 Å². The van der Waals surface area contributed by atoms with Gasteiger partial charge >= 0.3 is 0 Å². The highest BCUT2D eigenvalue weighted by Gasteiger charge is 2.33. The summed E-state index contributed by atoms with van der Waals surface area (Å²) in [4.78, 5) is 6.87. The van der Waals surface area contributed by atoms with Crippen LogP contribution in [0.4, 0.5) is 0 Å². The first kappa shape index (κ1) is 14.0. The molecule has 0 bridgehead atoms. The van der Waals surface area contributed by atoms with Gasteiger partial charge < -0.3 is 5.73 Å². The van der Waals surface area contributed by atoms with E-state index in [1.165, 1.54) is 18.4 Å². The van der Waals surface area contributed by atoms with Crippen molar-refractivity contribution in [1.82, 2.24) is 9.88 Å². The van der Waals surface area contributed by atoms with E-state index in [0.29, 0.717) is 18.0 Å². The minimum absolute atomic E-state index is 0.411.